The summed E-state index contributed by atoms with van der Waals surface area (Å²) in [6.07, 6.45) is 2.80. The number of aryl methyl sites for hydroxylation is 1. The molecule has 0 aliphatic carbocycles. The second-order valence-corrected chi connectivity index (χ2v) is 4.38. The number of anilines is 1. The van der Waals surface area contributed by atoms with Crippen molar-refractivity contribution >= 4 is 11.7 Å². The van der Waals surface area contributed by atoms with Crippen molar-refractivity contribution in [3.63, 3.8) is 0 Å². The molecule has 1 rings (SSSR count). The molecule has 0 unspecified atom stereocenters. The van der Waals surface area contributed by atoms with Gasteiger partial charge in [-0.1, -0.05) is 0 Å². The molecule has 0 fully saturated rings. The van der Waals surface area contributed by atoms with Gasteiger partial charge in [0.1, 0.15) is 5.82 Å². The Morgan fingerprint density at radius 2 is 2.18 bits per heavy atom. The zero-order valence-corrected chi connectivity index (χ0v) is 10.8. The molecule has 1 aromatic rings. The fourth-order valence-electron chi connectivity index (χ4n) is 1.46. The number of carbonyl (C=O) groups excluding carboxylic acids is 1. The number of likely N-dealkylation sites (N-methyl/N-ethyl adjacent to an activating group) is 2. The first-order chi connectivity index (χ1) is 7.99. The third-order valence-corrected chi connectivity index (χ3v) is 2.49. The van der Waals surface area contributed by atoms with Crippen LogP contribution in [-0.2, 0) is 11.3 Å². The Morgan fingerprint density at radius 3 is 2.71 bits per heavy atom. The van der Waals surface area contributed by atoms with Crippen LogP contribution in [0.25, 0.3) is 0 Å². The molecule has 0 aliphatic rings. The van der Waals surface area contributed by atoms with E-state index in [4.69, 9.17) is 5.73 Å². The maximum absolute atomic E-state index is 11.4. The average Bonchev–Trinajstić information content (AvgIpc) is 2.64. The van der Waals surface area contributed by atoms with Crippen molar-refractivity contribution in [1.82, 2.24) is 19.6 Å². The molecule has 6 nitrogen and oxygen atoms in total. The first kappa shape index (κ1) is 13.5. The van der Waals surface area contributed by atoms with E-state index in [9.17, 15) is 4.79 Å². The summed E-state index contributed by atoms with van der Waals surface area (Å²) in [4.78, 5) is 15.1. The maximum Gasteiger partial charge on any atom is 0.236 e. The molecule has 0 radical (unpaired) electrons. The first-order valence-electron chi connectivity index (χ1n) is 5.66. The number of rotatable bonds is 6. The molecule has 1 amide bonds. The lowest BCUT2D eigenvalue weighted by Gasteiger charge is -2.18. The summed E-state index contributed by atoms with van der Waals surface area (Å²) >= 11 is 0. The van der Waals surface area contributed by atoms with E-state index in [2.05, 4.69) is 5.10 Å². The van der Waals surface area contributed by atoms with E-state index in [1.54, 1.807) is 25.1 Å². The number of carbonyl (C=O) groups is 1. The Hall–Kier alpha value is -1.56. The number of nitrogen functional groups attached to an aromatic ring is 1. The number of nitrogens with two attached hydrogens (primary N) is 1. The van der Waals surface area contributed by atoms with Crippen molar-refractivity contribution in [2.45, 2.75) is 13.0 Å². The van der Waals surface area contributed by atoms with Crippen molar-refractivity contribution < 1.29 is 4.79 Å². The molecule has 0 aliphatic heterocycles. The van der Waals surface area contributed by atoms with Gasteiger partial charge in [0.2, 0.25) is 5.91 Å². The van der Waals surface area contributed by atoms with Crippen LogP contribution in [0.1, 0.15) is 6.42 Å². The normalized spacial score (nSPS) is 10.8. The molecule has 0 saturated carbocycles. The fraction of sp³-hybridized carbons (Fsp3) is 0.636. The molecule has 0 bridgehead atoms. The maximum atomic E-state index is 11.4. The Bertz CT molecular complexity index is 360. The van der Waals surface area contributed by atoms with Crippen LogP contribution in [0.15, 0.2) is 12.3 Å². The van der Waals surface area contributed by atoms with Crippen LogP contribution >= 0.6 is 0 Å². The van der Waals surface area contributed by atoms with Crippen LogP contribution in [0.4, 0.5) is 5.82 Å². The highest BCUT2D eigenvalue weighted by molar-refractivity contribution is 5.77. The zero-order chi connectivity index (χ0) is 12.8. The molecular weight excluding hydrogens is 218 g/mol. The van der Waals surface area contributed by atoms with Gasteiger partial charge in [0.05, 0.1) is 6.54 Å². The molecule has 0 aromatic carbocycles. The minimum atomic E-state index is 0.121. The highest BCUT2D eigenvalue weighted by Gasteiger charge is 2.07. The zero-order valence-electron chi connectivity index (χ0n) is 10.8. The van der Waals surface area contributed by atoms with Gasteiger partial charge in [-0.25, -0.2) is 0 Å². The van der Waals surface area contributed by atoms with Crippen LogP contribution in [0.3, 0.4) is 0 Å². The van der Waals surface area contributed by atoms with Crippen LogP contribution < -0.4 is 5.73 Å². The van der Waals surface area contributed by atoms with Crippen molar-refractivity contribution in [2.75, 3.05) is 40.0 Å². The van der Waals surface area contributed by atoms with Gasteiger partial charge in [-0.2, -0.15) is 5.10 Å². The van der Waals surface area contributed by atoms with Crippen molar-refractivity contribution in [1.29, 1.82) is 0 Å². The van der Waals surface area contributed by atoms with Gasteiger partial charge in [0.25, 0.3) is 0 Å². The number of hydrogen-bond donors (Lipinski definition) is 1. The third-order valence-electron chi connectivity index (χ3n) is 2.49. The Labute approximate surface area is 102 Å². The number of hydrogen-bond acceptors (Lipinski definition) is 4. The van der Waals surface area contributed by atoms with E-state index in [1.807, 2.05) is 22.8 Å². The second-order valence-electron chi connectivity index (χ2n) is 4.38. The summed E-state index contributed by atoms with van der Waals surface area (Å²) in [5, 5.41) is 4.10. The molecule has 1 aromatic heterocycles. The molecule has 17 heavy (non-hydrogen) atoms. The smallest absolute Gasteiger partial charge is 0.236 e. The van der Waals surface area contributed by atoms with Crippen LogP contribution in [-0.4, -0.2) is 59.7 Å². The molecule has 96 valence electrons. The van der Waals surface area contributed by atoms with E-state index >= 15 is 0 Å². The van der Waals surface area contributed by atoms with E-state index in [-0.39, 0.29) is 5.91 Å². The summed E-state index contributed by atoms with van der Waals surface area (Å²) in [7, 11) is 5.48. The van der Waals surface area contributed by atoms with E-state index in [1.165, 1.54) is 0 Å². The summed E-state index contributed by atoms with van der Waals surface area (Å²) in [6.45, 7) is 2.13. The molecule has 0 spiro atoms. The predicted molar refractivity (Wildman–Crippen MR) is 67.4 cm³/mol. The van der Waals surface area contributed by atoms with Crippen molar-refractivity contribution in [2.24, 2.45) is 0 Å². The van der Waals surface area contributed by atoms with Crippen LogP contribution in [0, 0.1) is 0 Å². The molecule has 0 atom stereocenters. The summed E-state index contributed by atoms with van der Waals surface area (Å²) in [5.74, 6) is 0.664. The fourth-order valence-corrected chi connectivity index (χ4v) is 1.46. The van der Waals surface area contributed by atoms with Gasteiger partial charge >= 0.3 is 0 Å². The summed E-state index contributed by atoms with van der Waals surface area (Å²) in [6, 6.07) is 1.78. The molecule has 2 N–H and O–H groups in total. The third kappa shape index (κ3) is 4.86. The van der Waals surface area contributed by atoms with Gasteiger partial charge in [-0.3, -0.25) is 14.4 Å². The van der Waals surface area contributed by atoms with Gasteiger partial charge in [-0.05, 0) is 19.5 Å². The first-order valence-corrected chi connectivity index (χ1v) is 5.66. The van der Waals surface area contributed by atoms with Crippen molar-refractivity contribution in [3.05, 3.63) is 12.3 Å². The topological polar surface area (TPSA) is 67.4 Å². The van der Waals surface area contributed by atoms with E-state index in [0.29, 0.717) is 12.4 Å². The number of aromatic nitrogens is 2. The monoisotopic (exact) mass is 239 g/mol. The molecular formula is C11H21N5O. The minimum absolute atomic E-state index is 0.121. The van der Waals surface area contributed by atoms with E-state index < -0.39 is 0 Å². The lowest BCUT2D eigenvalue weighted by molar-refractivity contribution is -0.129. The SMILES string of the molecule is CN(CCCn1ccc(N)n1)CC(=O)N(C)C. The van der Waals surface area contributed by atoms with Gasteiger partial charge in [0, 0.05) is 33.4 Å². The quantitative estimate of drug-likeness (QED) is 0.751. The number of nitrogens with zero attached hydrogens (tertiary/aromatic N) is 4. The summed E-state index contributed by atoms with van der Waals surface area (Å²) < 4.78 is 1.82. The second kappa shape index (κ2) is 6.24. The standard InChI is InChI=1S/C11H21N5O/c1-14(2)11(17)9-15(3)6-4-7-16-8-5-10(12)13-16/h5,8H,4,6-7,9H2,1-3H3,(H2,12,13). The largest absolute Gasteiger partial charge is 0.382 e. The predicted octanol–water partition coefficient (Wildman–Crippen LogP) is -0.125. The Kier molecular flexibility index (Phi) is 4.96. The van der Waals surface area contributed by atoms with Crippen molar-refractivity contribution in [3.8, 4) is 0 Å². The highest BCUT2D eigenvalue weighted by Crippen LogP contribution is 1.98. The lowest BCUT2D eigenvalue weighted by atomic mass is 10.4. The molecule has 0 saturated heterocycles. The summed E-state index contributed by atoms with van der Waals surface area (Å²) in [5.41, 5.74) is 5.52. The van der Waals surface area contributed by atoms with Gasteiger partial charge < -0.3 is 10.6 Å². The average molecular weight is 239 g/mol. The Balaban J connectivity index is 2.20. The van der Waals surface area contributed by atoms with Gasteiger partial charge in [0.15, 0.2) is 0 Å². The highest BCUT2D eigenvalue weighted by atomic mass is 16.2. The lowest BCUT2D eigenvalue weighted by Crippen LogP contribution is -2.35. The van der Waals surface area contributed by atoms with Gasteiger partial charge in [-0.15, -0.1) is 0 Å². The number of amides is 1. The van der Waals surface area contributed by atoms with Crippen LogP contribution in [0.5, 0.6) is 0 Å². The molecule has 6 heteroatoms. The minimum Gasteiger partial charge on any atom is -0.382 e. The Morgan fingerprint density at radius 1 is 1.47 bits per heavy atom. The van der Waals surface area contributed by atoms with Crippen LogP contribution in [0.2, 0.25) is 0 Å². The van der Waals surface area contributed by atoms with E-state index in [0.717, 1.165) is 19.5 Å². The molecule has 1 heterocycles.